The molecular formula is C17H21NO. The van der Waals surface area contributed by atoms with E-state index in [2.05, 4.69) is 45.9 Å². The molecule has 2 heteroatoms. The van der Waals surface area contributed by atoms with Gasteiger partial charge in [-0.25, -0.2) is 0 Å². The van der Waals surface area contributed by atoms with Crippen molar-refractivity contribution >= 4 is 5.69 Å². The molecule has 0 saturated heterocycles. The summed E-state index contributed by atoms with van der Waals surface area (Å²) in [5.74, 6) is 1.68. The third-order valence-electron chi connectivity index (χ3n) is 3.03. The number of nitrogen functional groups attached to an aromatic ring is 1. The fourth-order valence-corrected chi connectivity index (χ4v) is 2.04. The molecule has 0 radical (unpaired) electrons. The highest BCUT2D eigenvalue weighted by molar-refractivity contribution is 5.48. The van der Waals surface area contributed by atoms with Crippen molar-refractivity contribution in [3.8, 4) is 11.5 Å². The summed E-state index contributed by atoms with van der Waals surface area (Å²) in [5.41, 5.74) is 8.92. The standard InChI is InChI=1S/C17H21NO/c1-12-8-9-15(17(2,3)4)16(10-12)19-14-7-5-6-13(18)11-14/h5-11H,18H2,1-4H3. The minimum atomic E-state index is 0.0450. The van der Waals surface area contributed by atoms with Crippen molar-refractivity contribution in [2.24, 2.45) is 0 Å². The summed E-state index contributed by atoms with van der Waals surface area (Å²) < 4.78 is 6.02. The van der Waals surface area contributed by atoms with Crippen molar-refractivity contribution in [3.63, 3.8) is 0 Å². The van der Waals surface area contributed by atoms with Crippen LogP contribution in [0.5, 0.6) is 11.5 Å². The molecule has 0 aliphatic rings. The third kappa shape index (κ3) is 3.28. The highest BCUT2D eigenvalue weighted by atomic mass is 16.5. The predicted molar refractivity (Wildman–Crippen MR) is 80.8 cm³/mol. The summed E-state index contributed by atoms with van der Waals surface area (Å²) in [6, 6.07) is 13.8. The zero-order valence-corrected chi connectivity index (χ0v) is 12.0. The predicted octanol–water partition coefficient (Wildman–Crippen LogP) is 4.67. The summed E-state index contributed by atoms with van der Waals surface area (Å²) in [6.45, 7) is 8.62. The van der Waals surface area contributed by atoms with E-state index >= 15 is 0 Å². The highest BCUT2D eigenvalue weighted by Crippen LogP contribution is 2.35. The molecule has 0 spiro atoms. The van der Waals surface area contributed by atoms with Gasteiger partial charge in [0.1, 0.15) is 11.5 Å². The van der Waals surface area contributed by atoms with Crippen LogP contribution in [-0.2, 0) is 5.41 Å². The van der Waals surface area contributed by atoms with Crippen LogP contribution in [0.15, 0.2) is 42.5 Å². The van der Waals surface area contributed by atoms with Crippen LogP contribution in [0.3, 0.4) is 0 Å². The minimum absolute atomic E-state index is 0.0450. The van der Waals surface area contributed by atoms with E-state index in [1.165, 1.54) is 11.1 Å². The number of ether oxygens (including phenoxy) is 1. The second-order valence-corrected chi connectivity index (χ2v) is 5.92. The Balaban J connectivity index is 2.41. The highest BCUT2D eigenvalue weighted by Gasteiger charge is 2.19. The lowest BCUT2D eigenvalue weighted by Gasteiger charge is -2.23. The minimum Gasteiger partial charge on any atom is -0.457 e. The molecule has 0 unspecified atom stereocenters. The van der Waals surface area contributed by atoms with Crippen LogP contribution >= 0.6 is 0 Å². The molecule has 0 bridgehead atoms. The molecule has 2 aromatic rings. The van der Waals surface area contributed by atoms with Gasteiger partial charge < -0.3 is 10.5 Å². The normalized spacial score (nSPS) is 11.4. The topological polar surface area (TPSA) is 35.2 Å². The van der Waals surface area contributed by atoms with Gasteiger partial charge >= 0.3 is 0 Å². The van der Waals surface area contributed by atoms with E-state index in [-0.39, 0.29) is 5.41 Å². The Bertz CT molecular complexity index is 582. The van der Waals surface area contributed by atoms with Crippen LogP contribution in [0.1, 0.15) is 31.9 Å². The van der Waals surface area contributed by atoms with Crippen LogP contribution < -0.4 is 10.5 Å². The monoisotopic (exact) mass is 255 g/mol. The van der Waals surface area contributed by atoms with Crippen LogP contribution in [-0.4, -0.2) is 0 Å². The lowest BCUT2D eigenvalue weighted by atomic mass is 9.86. The first kappa shape index (κ1) is 13.5. The van der Waals surface area contributed by atoms with E-state index in [1.54, 1.807) is 0 Å². The summed E-state index contributed by atoms with van der Waals surface area (Å²) >= 11 is 0. The number of anilines is 1. The first-order valence-electron chi connectivity index (χ1n) is 6.51. The fourth-order valence-electron chi connectivity index (χ4n) is 2.04. The summed E-state index contributed by atoms with van der Waals surface area (Å²) in [7, 11) is 0. The van der Waals surface area contributed by atoms with E-state index in [9.17, 15) is 0 Å². The Labute approximate surface area is 115 Å². The van der Waals surface area contributed by atoms with Gasteiger partial charge in [-0.05, 0) is 36.1 Å². The smallest absolute Gasteiger partial charge is 0.131 e. The molecule has 19 heavy (non-hydrogen) atoms. The van der Waals surface area contributed by atoms with Crippen molar-refractivity contribution in [3.05, 3.63) is 53.6 Å². The van der Waals surface area contributed by atoms with Gasteiger partial charge in [-0.1, -0.05) is 39.0 Å². The maximum atomic E-state index is 6.02. The molecule has 0 saturated carbocycles. The van der Waals surface area contributed by atoms with Gasteiger partial charge in [-0.3, -0.25) is 0 Å². The molecular weight excluding hydrogens is 234 g/mol. The SMILES string of the molecule is Cc1ccc(C(C)(C)C)c(Oc2cccc(N)c2)c1. The van der Waals surface area contributed by atoms with Crippen LogP contribution in [0.2, 0.25) is 0 Å². The molecule has 2 N–H and O–H groups in total. The van der Waals surface area contributed by atoms with Crippen LogP contribution in [0, 0.1) is 6.92 Å². The number of benzene rings is 2. The second-order valence-electron chi connectivity index (χ2n) is 5.92. The third-order valence-corrected chi connectivity index (χ3v) is 3.03. The average Bonchev–Trinajstić information content (AvgIpc) is 2.27. The molecule has 0 atom stereocenters. The average molecular weight is 255 g/mol. The summed E-state index contributed by atoms with van der Waals surface area (Å²) in [5, 5.41) is 0. The second kappa shape index (κ2) is 4.96. The van der Waals surface area contributed by atoms with Crippen molar-refractivity contribution in [1.82, 2.24) is 0 Å². The molecule has 2 nitrogen and oxygen atoms in total. The number of rotatable bonds is 2. The fraction of sp³-hybridized carbons (Fsp3) is 0.294. The number of nitrogens with two attached hydrogens (primary N) is 1. The van der Waals surface area contributed by atoms with Crippen LogP contribution in [0.4, 0.5) is 5.69 Å². The van der Waals surface area contributed by atoms with E-state index in [0.29, 0.717) is 5.69 Å². The molecule has 0 heterocycles. The summed E-state index contributed by atoms with van der Waals surface area (Å²) in [4.78, 5) is 0. The Kier molecular flexibility index (Phi) is 3.52. The van der Waals surface area contributed by atoms with E-state index in [0.717, 1.165) is 11.5 Å². The van der Waals surface area contributed by atoms with Gasteiger partial charge in [0, 0.05) is 17.3 Å². The Morgan fingerprint density at radius 1 is 1.00 bits per heavy atom. The molecule has 0 aliphatic carbocycles. The first-order chi connectivity index (χ1) is 8.86. The maximum absolute atomic E-state index is 6.02. The van der Waals surface area contributed by atoms with Gasteiger partial charge in [-0.15, -0.1) is 0 Å². The van der Waals surface area contributed by atoms with Gasteiger partial charge in [0.2, 0.25) is 0 Å². The van der Waals surface area contributed by atoms with Gasteiger partial charge in [-0.2, -0.15) is 0 Å². The van der Waals surface area contributed by atoms with Crippen molar-refractivity contribution < 1.29 is 4.74 Å². The van der Waals surface area contributed by atoms with Crippen LogP contribution in [0.25, 0.3) is 0 Å². The number of hydrogen-bond donors (Lipinski definition) is 1. The van der Waals surface area contributed by atoms with Gasteiger partial charge in [0.25, 0.3) is 0 Å². The van der Waals surface area contributed by atoms with Crippen molar-refractivity contribution in [1.29, 1.82) is 0 Å². The Hall–Kier alpha value is -1.96. The quantitative estimate of drug-likeness (QED) is 0.792. The van der Waals surface area contributed by atoms with Gasteiger partial charge in [0.15, 0.2) is 0 Å². The Morgan fingerprint density at radius 3 is 2.37 bits per heavy atom. The molecule has 2 rings (SSSR count). The summed E-state index contributed by atoms with van der Waals surface area (Å²) in [6.07, 6.45) is 0. The Morgan fingerprint density at radius 2 is 1.74 bits per heavy atom. The molecule has 0 fully saturated rings. The van der Waals surface area contributed by atoms with E-state index in [4.69, 9.17) is 10.5 Å². The molecule has 100 valence electrons. The largest absolute Gasteiger partial charge is 0.457 e. The maximum Gasteiger partial charge on any atom is 0.131 e. The van der Waals surface area contributed by atoms with E-state index in [1.807, 2.05) is 24.3 Å². The molecule has 0 aromatic heterocycles. The molecule has 2 aromatic carbocycles. The molecule has 0 aliphatic heterocycles. The zero-order chi connectivity index (χ0) is 14.0. The van der Waals surface area contributed by atoms with E-state index < -0.39 is 0 Å². The zero-order valence-electron chi connectivity index (χ0n) is 12.0. The van der Waals surface area contributed by atoms with Crippen molar-refractivity contribution in [2.75, 3.05) is 5.73 Å². The van der Waals surface area contributed by atoms with Gasteiger partial charge in [0.05, 0.1) is 0 Å². The number of aryl methyl sites for hydroxylation is 1. The molecule has 0 amide bonds. The van der Waals surface area contributed by atoms with Crippen molar-refractivity contribution in [2.45, 2.75) is 33.1 Å². The lowest BCUT2D eigenvalue weighted by Crippen LogP contribution is -2.12. The number of hydrogen-bond acceptors (Lipinski definition) is 2. The lowest BCUT2D eigenvalue weighted by molar-refractivity contribution is 0.455. The first-order valence-corrected chi connectivity index (χ1v) is 6.51.